The first kappa shape index (κ1) is 13.9. The largest absolute Gasteiger partial charge is 0.399 e. The lowest BCUT2D eigenvalue weighted by Crippen LogP contribution is -2.35. The maximum Gasteiger partial charge on any atom is 0.399 e. The summed E-state index contributed by atoms with van der Waals surface area (Å²) in [5, 5.41) is 1.54. The number of rotatable bonds is 5. The Labute approximate surface area is 100 Å². The molecule has 0 bridgehead atoms. The van der Waals surface area contributed by atoms with Crippen molar-refractivity contribution in [2.75, 3.05) is 0 Å². The maximum absolute atomic E-state index is 12.6. The van der Waals surface area contributed by atoms with Gasteiger partial charge in [0.25, 0.3) is 0 Å². The van der Waals surface area contributed by atoms with E-state index in [0.29, 0.717) is 0 Å². The molecule has 94 valence electrons. The molecular formula is C11H11F3O2S. The molecule has 0 fully saturated rings. The Balaban J connectivity index is 2.89. The topological polar surface area (TPSA) is 34.1 Å². The zero-order valence-electron chi connectivity index (χ0n) is 9.08. The molecule has 1 aromatic rings. The minimum absolute atomic E-state index is 0.0559. The highest BCUT2D eigenvalue weighted by atomic mass is 32.1. The number of Topliss-reactive ketones (excluding diaryl/α,β-unsaturated/α-hetero) is 2. The molecule has 0 aliphatic carbocycles. The monoisotopic (exact) mass is 264 g/mol. The van der Waals surface area contributed by atoms with E-state index in [2.05, 4.69) is 0 Å². The molecule has 0 saturated heterocycles. The van der Waals surface area contributed by atoms with Gasteiger partial charge in [-0.15, -0.1) is 11.3 Å². The number of halogens is 3. The van der Waals surface area contributed by atoms with Gasteiger partial charge in [0.1, 0.15) is 5.92 Å². The average Bonchev–Trinajstić information content (AvgIpc) is 2.75. The van der Waals surface area contributed by atoms with Crippen molar-refractivity contribution < 1.29 is 22.8 Å². The van der Waals surface area contributed by atoms with Crippen molar-refractivity contribution >= 4 is 22.9 Å². The molecule has 0 amide bonds. The first-order valence-electron chi connectivity index (χ1n) is 5.06. The van der Waals surface area contributed by atoms with E-state index in [9.17, 15) is 22.8 Å². The molecule has 0 aliphatic rings. The summed E-state index contributed by atoms with van der Waals surface area (Å²) in [6.45, 7) is 1.54. The Morgan fingerprint density at radius 3 is 2.47 bits per heavy atom. The van der Waals surface area contributed by atoms with Gasteiger partial charge >= 0.3 is 6.18 Å². The molecule has 1 rings (SSSR count). The number of carbonyl (C=O) groups excluding carboxylic acids is 2. The first-order chi connectivity index (χ1) is 7.88. The molecular weight excluding hydrogens is 253 g/mol. The van der Waals surface area contributed by atoms with E-state index >= 15 is 0 Å². The molecule has 0 spiro atoms. The number of alkyl halides is 3. The lowest BCUT2D eigenvalue weighted by Gasteiger charge is -2.17. The smallest absolute Gasteiger partial charge is 0.290 e. The summed E-state index contributed by atoms with van der Waals surface area (Å²) >= 11 is 0.968. The van der Waals surface area contributed by atoms with Crippen LogP contribution in [0.5, 0.6) is 0 Å². The van der Waals surface area contributed by atoms with Crippen LogP contribution < -0.4 is 0 Å². The van der Waals surface area contributed by atoms with Crippen molar-refractivity contribution in [3.05, 3.63) is 22.4 Å². The molecule has 0 radical (unpaired) electrons. The number of thiophene rings is 1. The van der Waals surface area contributed by atoms with Gasteiger partial charge in [0.2, 0.25) is 11.6 Å². The van der Waals surface area contributed by atoms with Crippen LogP contribution in [0.4, 0.5) is 13.2 Å². The molecule has 0 saturated carbocycles. The Hall–Kier alpha value is -1.17. The van der Waals surface area contributed by atoms with E-state index in [1.54, 1.807) is 12.3 Å². The van der Waals surface area contributed by atoms with E-state index < -0.39 is 23.7 Å². The molecule has 2 nitrogen and oxygen atoms in total. The normalized spacial score (nSPS) is 13.4. The zero-order chi connectivity index (χ0) is 13.1. The summed E-state index contributed by atoms with van der Waals surface area (Å²) in [4.78, 5) is 23.1. The summed E-state index contributed by atoms with van der Waals surface area (Å²) in [7, 11) is 0. The van der Waals surface area contributed by atoms with Crippen LogP contribution in [0.25, 0.3) is 0 Å². The summed E-state index contributed by atoms with van der Waals surface area (Å²) < 4.78 is 37.8. The SMILES string of the molecule is CCCC(C(=O)C(=O)c1cccs1)C(F)(F)F. The van der Waals surface area contributed by atoms with Crippen LogP contribution in [-0.2, 0) is 4.79 Å². The molecule has 0 aromatic carbocycles. The van der Waals surface area contributed by atoms with Gasteiger partial charge in [-0.3, -0.25) is 9.59 Å². The average molecular weight is 264 g/mol. The van der Waals surface area contributed by atoms with E-state index in [4.69, 9.17) is 0 Å². The fourth-order valence-electron chi connectivity index (χ4n) is 1.42. The van der Waals surface area contributed by atoms with Crippen LogP contribution in [0, 0.1) is 5.92 Å². The summed E-state index contributed by atoms with van der Waals surface area (Å²) in [5.41, 5.74) is 0. The van der Waals surface area contributed by atoms with Crippen LogP contribution >= 0.6 is 11.3 Å². The minimum atomic E-state index is -4.65. The highest BCUT2D eigenvalue weighted by Crippen LogP contribution is 2.31. The van der Waals surface area contributed by atoms with Crippen molar-refractivity contribution in [3.63, 3.8) is 0 Å². The van der Waals surface area contributed by atoms with E-state index in [1.807, 2.05) is 0 Å². The molecule has 1 unspecified atom stereocenters. The molecule has 6 heteroatoms. The Kier molecular flexibility index (Phi) is 4.45. The molecule has 1 heterocycles. The Bertz CT molecular complexity index is 395. The van der Waals surface area contributed by atoms with Gasteiger partial charge in [-0.05, 0) is 17.9 Å². The van der Waals surface area contributed by atoms with Gasteiger partial charge in [-0.1, -0.05) is 19.4 Å². The first-order valence-corrected chi connectivity index (χ1v) is 5.94. The second-order valence-electron chi connectivity index (χ2n) is 3.55. The lowest BCUT2D eigenvalue weighted by molar-refractivity contribution is -0.179. The van der Waals surface area contributed by atoms with Gasteiger partial charge in [0, 0.05) is 0 Å². The molecule has 1 aromatic heterocycles. The predicted molar refractivity (Wildman–Crippen MR) is 58.1 cm³/mol. The van der Waals surface area contributed by atoms with Crippen molar-refractivity contribution in [2.45, 2.75) is 25.9 Å². The van der Waals surface area contributed by atoms with Crippen LogP contribution in [0.2, 0.25) is 0 Å². The third-order valence-electron chi connectivity index (χ3n) is 2.26. The fourth-order valence-corrected chi connectivity index (χ4v) is 2.09. The van der Waals surface area contributed by atoms with Crippen molar-refractivity contribution in [3.8, 4) is 0 Å². The van der Waals surface area contributed by atoms with Gasteiger partial charge in [-0.2, -0.15) is 13.2 Å². The summed E-state index contributed by atoms with van der Waals surface area (Å²) in [5.74, 6) is -4.58. The Morgan fingerprint density at radius 1 is 1.41 bits per heavy atom. The Morgan fingerprint density at radius 2 is 2.06 bits per heavy atom. The van der Waals surface area contributed by atoms with Crippen molar-refractivity contribution in [1.29, 1.82) is 0 Å². The van der Waals surface area contributed by atoms with E-state index in [0.717, 1.165) is 11.3 Å². The van der Waals surface area contributed by atoms with Crippen molar-refractivity contribution in [1.82, 2.24) is 0 Å². The molecule has 17 heavy (non-hydrogen) atoms. The third-order valence-corrected chi connectivity index (χ3v) is 3.13. The second kappa shape index (κ2) is 5.44. The van der Waals surface area contributed by atoms with Crippen molar-refractivity contribution in [2.24, 2.45) is 5.92 Å². The van der Waals surface area contributed by atoms with E-state index in [-0.39, 0.29) is 17.7 Å². The highest BCUT2D eigenvalue weighted by Gasteiger charge is 2.46. The fraction of sp³-hybridized carbons (Fsp3) is 0.455. The van der Waals surface area contributed by atoms with Gasteiger partial charge in [-0.25, -0.2) is 0 Å². The zero-order valence-corrected chi connectivity index (χ0v) is 9.90. The standard InChI is InChI=1S/C11H11F3O2S/c1-2-4-7(11(12,13)14)9(15)10(16)8-5-3-6-17-8/h3,5-7H,2,4H2,1H3. The van der Waals surface area contributed by atoms with E-state index in [1.165, 1.54) is 12.1 Å². The summed E-state index contributed by atoms with van der Waals surface area (Å²) in [6.07, 6.45) is -4.80. The molecule has 0 aliphatic heterocycles. The van der Waals surface area contributed by atoms with Gasteiger partial charge in [0.05, 0.1) is 4.88 Å². The maximum atomic E-state index is 12.6. The lowest BCUT2D eigenvalue weighted by atomic mass is 9.94. The predicted octanol–water partition coefficient (Wildman–Crippen LogP) is 3.48. The van der Waals surface area contributed by atoms with Crippen LogP contribution in [0.1, 0.15) is 29.4 Å². The van der Waals surface area contributed by atoms with Crippen LogP contribution in [-0.4, -0.2) is 17.7 Å². The highest BCUT2D eigenvalue weighted by molar-refractivity contribution is 7.13. The van der Waals surface area contributed by atoms with Crippen LogP contribution in [0.3, 0.4) is 0 Å². The van der Waals surface area contributed by atoms with Gasteiger partial charge < -0.3 is 0 Å². The minimum Gasteiger partial charge on any atom is -0.290 e. The quantitative estimate of drug-likeness (QED) is 0.602. The molecule has 1 atom stereocenters. The van der Waals surface area contributed by atoms with Gasteiger partial charge in [0.15, 0.2) is 0 Å². The summed E-state index contributed by atoms with van der Waals surface area (Å²) in [6, 6.07) is 2.87. The van der Waals surface area contributed by atoms with Crippen LogP contribution in [0.15, 0.2) is 17.5 Å². The number of ketones is 2. The molecule has 0 N–H and O–H groups in total. The number of carbonyl (C=O) groups is 2. The number of hydrogen-bond acceptors (Lipinski definition) is 3. The second-order valence-corrected chi connectivity index (χ2v) is 4.50. The third kappa shape index (κ3) is 3.39. The number of hydrogen-bond donors (Lipinski definition) is 0.